The molecule has 0 aliphatic heterocycles. The van der Waals surface area contributed by atoms with Crippen molar-refractivity contribution in [3.63, 3.8) is 0 Å². The average molecular weight is 221 g/mol. The van der Waals surface area contributed by atoms with Crippen LogP contribution in [-0.4, -0.2) is 16.6 Å². The molecular weight excluding hydrogens is 211 g/mol. The van der Waals surface area contributed by atoms with E-state index in [9.17, 15) is 13.2 Å². The summed E-state index contributed by atoms with van der Waals surface area (Å²) in [5.41, 5.74) is 5.20. The Labute approximate surface area is 84.3 Å². The molecule has 0 bridgehead atoms. The van der Waals surface area contributed by atoms with Crippen molar-refractivity contribution in [1.29, 1.82) is 0 Å². The summed E-state index contributed by atoms with van der Waals surface area (Å²) in [5, 5.41) is 0. The first-order valence-electron chi connectivity index (χ1n) is 4.28. The van der Waals surface area contributed by atoms with Gasteiger partial charge in [0.1, 0.15) is 5.82 Å². The fraction of sp³-hybridized carbons (Fsp3) is 0.500. The van der Waals surface area contributed by atoms with Gasteiger partial charge >= 0.3 is 6.18 Å². The molecule has 2 N–H and O–H groups in total. The molecule has 0 unspecified atom stereocenters. The second kappa shape index (κ2) is 4.33. The molecule has 0 atom stereocenters. The fourth-order valence-electron chi connectivity index (χ4n) is 0.850. The molecule has 0 saturated heterocycles. The highest BCUT2D eigenvalue weighted by molar-refractivity contribution is 5.33. The molecule has 0 saturated carbocycles. The molecule has 84 valence electrons. The van der Waals surface area contributed by atoms with Gasteiger partial charge in [0, 0.05) is 6.07 Å². The van der Waals surface area contributed by atoms with Crippen LogP contribution in [0.2, 0.25) is 0 Å². The van der Waals surface area contributed by atoms with E-state index >= 15 is 0 Å². The molecule has 0 spiro atoms. The zero-order chi connectivity index (χ0) is 11.5. The number of aromatic nitrogens is 2. The van der Waals surface area contributed by atoms with Crippen LogP contribution in [0.25, 0.3) is 0 Å². The third-order valence-electron chi connectivity index (χ3n) is 1.43. The van der Waals surface area contributed by atoms with Gasteiger partial charge in [-0.2, -0.15) is 18.2 Å². The fourth-order valence-corrected chi connectivity index (χ4v) is 0.850. The van der Waals surface area contributed by atoms with Crippen molar-refractivity contribution in [2.45, 2.75) is 19.5 Å². The van der Waals surface area contributed by atoms with Gasteiger partial charge < -0.3 is 10.5 Å². The first-order valence-corrected chi connectivity index (χ1v) is 4.28. The molecule has 1 heterocycles. The van der Waals surface area contributed by atoms with Crippen LogP contribution in [0.1, 0.15) is 19.2 Å². The summed E-state index contributed by atoms with van der Waals surface area (Å²) in [6.07, 6.45) is -3.94. The highest BCUT2D eigenvalue weighted by atomic mass is 19.4. The predicted molar refractivity (Wildman–Crippen MR) is 47.2 cm³/mol. The standard InChI is InChI=1S/C8H10F3N3O/c1-2-3-15-6-4-5(12)13-7(14-6)8(9,10)11/h4H,2-3H2,1H3,(H2,12,13,14). The van der Waals surface area contributed by atoms with E-state index in [0.29, 0.717) is 6.42 Å². The third kappa shape index (κ3) is 3.26. The number of halogens is 3. The lowest BCUT2D eigenvalue weighted by molar-refractivity contribution is -0.145. The second-order valence-corrected chi connectivity index (χ2v) is 2.80. The molecule has 0 aliphatic carbocycles. The number of hydrogen-bond acceptors (Lipinski definition) is 4. The van der Waals surface area contributed by atoms with Crippen LogP contribution < -0.4 is 10.5 Å². The van der Waals surface area contributed by atoms with Gasteiger partial charge in [-0.15, -0.1) is 0 Å². The average Bonchev–Trinajstić information content (AvgIpc) is 2.12. The Bertz CT molecular complexity index is 340. The number of nitrogens with zero attached hydrogens (tertiary/aromatic N) is 2. The van der Waals surface area contributed by atoms with E-state index in [0.717, 1.165) is 6.07 Å². The molecule has 15 heavy (non-hydrogen) atoms. The molecular formula is C8H10F3N3O. The number of ether oxygens (including phenoxy) is 1. The van der Waals surface area contributed by atoms with E-state index in [1.807, 2.05) is 6.92 Å². The Kier molecular flexibility index (Phi) is 3.33. The van der Waals surface area contributed by atoms with Gasteiger partial charge in [-0.05, 0) is 6.42 Å². The van der Waals surface area contributed by atoms with Crippen LogP contribution in [0.4, 0.5) is 19.0 Å². The van der Waals surface area contributed by atoms with Crippen molar-refractivity contribution in [3.05, 3.63) is 11.9 Å². The van der Waals surface area contributed by atoms with E-state index in [1.165, 1.54) is 0 Å². The second-order valence-electron chi connectivity index (χ2n) is 2.80. The smallest absolute Gasteiger partial charge is 0.451 e. The number of hydrogen-bond donors (Lipinski definition) is 1. The first kappa shape index (κ1) is 11.5. The monoisotopic (exact) mass is 221 g/mol. The maximum atomic E-state index is 12.2. The van der Waals surface area contributed by atoms with Crippen molar-refractivity contribution in [2.24, 2.45) is 0 Å². The molecule has 0 aromatic carbocycles. The van der Waals surface area contributed by atoms with Gasteiger partial charge in [0.2, 0.25) is 11.7 Å². The van der Waals surface area contributed by atoms with Crippen molar-refractivity contribution in [1.82, 2.24) is 9.97 Å². The Morgan fingerprint density at radius 1 is 1.40 bits per heavy atom. The van der Waals surface area contributed by atoms with Gasteiger partial charge in [0.15, 0.2) is 0 Å². The van der Waals surface area contributed by atoms with Crippen LogP contribution in [0.15, 0.2) is 6.07 Å². The summed E-state index contributed by atoms with van der Waals surface area (Å²) in [6.45, 7) is 2.11. The Morgan fingerprint density at radius 3 is 2.60 bits per heavy atom. The number of anilines is 1. The summed E-state index contributed by atoms with van der Waals surface area (Å²) < 4.78 is 41.6. The minimum atomic E-state index is -4.61. The van der Waals surface area contributed by atoms with E-state index in [-0.39, 0.29) is 18.3 Å². The van der Waals surface area contributed by atoms with Gasteiger partial charge in [0.05, 0.1) is 6.61 Å². The van der Waals surface area contributed by atoms with Crippen molar-refractivity contribution in [2.75, 3.05) is 12.3 Å². The van der Waals surface area contributed by atoms with Gasteiger partial charge in [-0.1, -0.05) is 6.92 Å². The molecule has 4 nitrogen and oxygen atoms in total. The van der Waals surface area contributed by atoms with E-state index in [4.69, 9.17) is 10.5 Å². The largest absolute Gasteiger partial charge is 0.478 e. The quantitative estimate of drug-likeness (QED) is 0.846. The van der Waals surface area contributed by atoms with E-state index in [2.05, 4.69) is 9.97 Å². The van der Waals surface area contributed by atoms with Crippen molar-refractivity contribution >= 4 is 5.82 Å². The summed E-state index contributed by atoms with van der Waals surface area (Å²) in [4.78, 5) is 6.28. The topological polar surface area (TPSA) is 61.0 Å². The lowest BCUT2D eigenvalue weighted by Crippen LogP contribution is -2.13. The number of rotatable bonds is 3. The summed E-state index contributed by atoms with van der Waals surface area (Å²) >= 11 is 0. The van der Waals surface area contributed by atoms with Crippen molar-refractivity contribution in [3.8, 4) is 5.88 Å². The number of alkyl halides is 3. The third-order valence-corrected chi connectivity index (χ3v) is 1.43. The van der Waals surface area contributed by atoms with Gasteiger partial charge in [0.25, 0.3) is 0 Å². The van der Waals surface area contributed by atoms with Crippen LogP contribution in [-0.2, 0) is 6.18 Å². The molecule has 1 aromatic heterocycles. The maximum Gasteiger partial charge on any atom is 0.451 e. The first-order chi connectivity index (χ1) is 6.93. The van der Waals surface area contributed by atoms with E-state index < -0.39 is 12.0 Å². The van der Waals surface area contributed by atoms with Crippen molar-refractivity contribution < 1.29 is 17.9 Å². The van der Waals surface area contributed by atoms with Crippen LogP contribution in [0.3, 0.4) is 0 Å². The van der Waals surface area contributed by atoms with Crippen LogP contribution >= 0.6 is 0 Å². The minimum absolute atomic E-state index is 0.156. The minimum Gasteiger partial charge on any atom is -0.478 e. The highest BCUT2D eigenvalue weighted by Gasteiger charge is 2.35. The van der Waals surface area contributed by atoms with Gasteiger partial charge in [-0.25, -0.2) is 4.98 Å². The summed E-state index contributed by atoms with van der Waals surface area (Å²) in [5.74, 6) is -1.70. The normalized spacial score (nSPS) is 11.5. The van der Waals surface area contributed by atoms with Crippen LogP contribution in [0.5, 0.6) is 5.88 Å². The molecule has 0 aliphatic rings. The zero-order valence-electron chi connectivity index (χ0n) is 8.01. The zero-order valence-corrected chi connectivity index (χ0v) is 8.01. The van der Waals surface area contributed by atoms with E-state index in [1.54, 1.807) is 0 Å². The molecule has 0 radical (unpaired) electrons. The lowest BCUT2D eigenvalue weighted by atomic mass is 10.5. The SMILES string of the molecule is CCCOc1cc(N)nc(C(F)(F)F)n1. The summed E-state index contributed by atoms with van der Waals surface area (Å²) in [6, 6.07) is 1.16. The molecule has 0 amide bonds. The summed E-state index contributed by atoms with van der Waals surface area (Å²) in [7, 11) is 0. The molecule has 1 rings (SSSR count). The molecule has 7 heteroatoms. The van der Waals surface area contributed by atoms with Crippen LogP contribution in [0, 0.1) is 0 Å². The highest BCUT2D eigenvalue weighted by Crippen LogP contribution is 2.28. The Hall–Kier alpha value is -1.53. The number of nitrogens with two attached hydrogens (primary N) is 1. The Balaban J connectivity index is 2.95. The molecule has 1 aromatic rings. The Morgan fingerprint density at radius 2 is 2.07 bits per heavy atom. The van der Waals surface area contributed by atoms with Gasteiger partial charge in [-0.3, -0.25) is 0 Å². The number of nitrogen functional groups attached to an aromatic ring is 1. The lowest BCUT2D eigenvalue weighted by Gasteiger charge is -2.08. The molecule has 0 fully saturated rings. The predicted octanol–water partition coefficient (Wildman–Crippen LogP) is 1.87. The maximum absolute atomic E-state index is 12.2.